The second-order valence-corrected chi connectivity index (χ2v) is 8.68. The molecule has 2 atom stereocenters. The Labute approximate surface area is 192 Å². The fourth-order valence-electron chi connectivity index (χ4n) is 4.81. The van der Waals surface area contributed by atoms with Gasteiger partial charge in [-0.3, -0.25) is 9.69 Å². The molecule has 2 fully saturated rings. The summed E-state index contributed by atoms with van der Waals surface area (Å²) in [5, 5.41) is 3.25. The van der Waals surface area contributed by atoms with E-state index in [0.29, 0.717) is 36.3 Å². The standard InChI is InChI=1S/C24H26N4O3.ClH/c29-24(15-5-8-21-22(13-15)31-12-11-30-21)25-16-9-10-28(17-6-7-17)20(14-16)23-26-18-3-1-2-4-19(18)27-23;/h1-5,8,13,16-17,20H,6-7,9-12,14H2,(H,25,29)(H,26,27);1H/t16-,20-;/m1./s1. The number of aromatic nitrogens is 2. The van der Waals surface area contributed by atoms with Crippen LogP contribution in [-0.2, 0) is 0 Å². The van der Waals surface area contributed by atoms with Gasteiger partial charge in [-0.1, -0.05) is 12.1 Å². The van der Waals surface area contributed by atoms with Crippen molar-refractivity contribution in [3.05, 3.63) is 53.9 Å². The zero-order chi connectivity index (χ0) is 20.8. The zero-order valence-corrected chi connectivity index (χ0v) is 18.6. The normalized spacial score (nSPS) is 22.9. The van der Waals surface area contributed by atoms with Crippen LogP contribution in [0.3, 0.4) is 0 Å². The van der Waals surface area contributed by atoms with Gasteiger partial charge in [0.1, 0.15) is 19.0 Å². The lowest BCUT2D eigenvalue weighted by atomic mass is 9.95. The monoisotopic (exact) mass is 454 g/mol. The highest BCUT2D eigenvalue weighted by molar-refractivity contribution is 5.95. The van der Waals surface area contributed by atoms with Crippen LogP contribution >= 0.6 is 12.4 Å². The van der Waals surface area contributed by atoms with Crippen LogP contribution < -0.4 is 14.8 Å². The van der Waals surface area contributed by atoms with Crippen molar-refractivity contribution in [1.82, 2.24) is 20.2 Å². The number of H-pyrrole nitrogens is 1. The number of piperidine rings is 1. The number of hydrogen-bond donors (Lipinski definition) is 2. The van der Waals surface area contributed by atoms with Crippen LogP contribution in [0.1, 0.15) is 47.9 Å². The molecule has 32 heavy (non-hydrogen) atoms. The van der Waals surface area contributed by atoms with E-state index in [2.05, 4.69) is 21.3 Å². The Morgan fingerprint density at radius 1 is 1.06 bits per heavy atom. The topological polar surface area (TPSA) is 79.5 Å². The molecule has 3 aliphatic rings. The maximum Gasteiger partial charge on any atom is 0.251 e. The summed E-state index contributed by atoms with van der Waals surface area (Å²) in [5.41, 5.74) is 2.67. The number of hydrogen-bond acceptors (Lipinski definition) is 5. The molecule has 2 N–H and O–H groups in total. The summed E-state index contributed by atoms with van der Waals surface area (Å²) in [4.78, 5) is 23.9. The average Bonchev–Trinajstić information content (AvgIpc) is 3.56. The largest absolute Gasteiger partial charge is 0.486 e. The maximum atomic E-state index is 13.0. The quantitative estimate of drug-likeness (QED) is 0.626. The molecule has 1 amide bonds. The predicted octanol–water partition coefficient (Wildman–Crippen LogP) is 3.85. The highest BCUT2D eigenvalue weighted by Crippen LogP contribution is 2.39. The Hall–Kier alpha value is -2.77. The van der Waals surface area contributed by atoms with Crippen molar-refractivity contribution in [1.29, 1.82) is 0 Å². The van der Waals surface area contributed by atoms with Gasteiger partial charge in [0.05, 0.1) is 17.1 Å². The molecule has 1 aromatic heterocycles. The SMILES string of the molecule is Cl.O=C(N[C@@H]1CCN(C2CC2)[C@@H](c2nc3ccccc3[nH]2)C1)c1ccc2c(c1)OCCO2. The molecular formula is C24H27ClN4O3. The second kappa shape index (κ2) is 8.64. The lowest BCUT2D eigenvalue weighted by Crippen LogP contribution is -2.47. The van der Waals surface area contributed by atoms with Gasteiger partial charge in [0.15, 0.2) is 11.5 Å². The Morgan fingerprint density at radius 3 is 2.69 bits per heavy atom. The van der Waals surface area contributed by atoms with Gasteiger partial charge in [-0.15, -0.1) is 12.4 Å². The van der Waals surface area contributed by atoms with Gasteiger partial charge in [-0.25, -0.2) is 4.98 Å². The summed E-state index contributed by atoms with van der Waals surface area (Å²) >= 11 is 0. The number of nitrogens with zero attached hydrogens (tertiary/aromatic N) is 2. The van der Waals surface area contributed by atoms with Crippen LogP contribution in [0.15, 0.2) is 42.5 Å². The molecule has 0 spiro atoms. The van der Waals surface area contributed by atoms with Gasteiger partial charge < -0.3 is 19.8 Å². The fraction of sp³-hybridized carbons (Fsp3) is 0.417. The summed E-state index contributed by atoms with van der Waals surface area (Å²) in [7, 11) is 0. The lowest BCUT2D eigenvalue weighted by molar-refractivity contribution is 0.0833. The number of likely N-dealkylation sites (tertiary alicyclic amines) is 1. The Balaban J connectivity index is 0.00000216. The zero-order valence-electron chi connectivity index (χ0n) is 17.8. The number of amides is 1. The summed E-state index contributed by atoms with van der Waals surface area (Å²) in [6, 6.07) is 14.5. The third-order valence-corrected chi connectivity index (χ3v) is 6.52. The molecule has 2 aliphatic heterocycles. The number of fused-ring (bicyclic) bond motifs is 2. The smallest absolute Gasteiger partial charge is 0.251 e. The van der Waals surface area contributed by atoms with Crippen LogP contribution in [0.2, 0.25) is 0 Å². The van der Waals surface area contributed by atoms with Gasteiger partial charge in [0.25, 0.3) is 5.91 Å². The van der Waals surface area contributed by atoms with Gasteiger partial charge in [-0.05, 0) is 56.0 Å². The minimum Gasteiger partial charge on any atom is -0.486 e. The second-order valence-electron chi connectivity index (χ2n) is 8.68. The predicted molar refractivity (Wildman–Crippen MR) is 124 cm³/mol. The number of ether oxygens (including phenoxy) is 2. The number of halogens is 1. The number of imidazole rings is 1. The summed E-state index contributed by atoms with van der Waals surface area (Å²) in [6.07, 6.45) is 4.31. The van der Waals surface area contributed by atoms with Crippen molar-refractivity contribution < 1.29 is 14.3 Å². The average molecular weight is 455 g/mol. The molecule has 1 saturated heterocycles. The fourth-order valence-corrected chi connectivity index (χ4v) is 4.81. The van der Waals surface area contributed by atoms with Crippen molar-refractivity contribution in [2.75, 3.05) is 19.8 Å². The van der Waals surface area contributed by atoms with Crippen molar-refractivity contribution in [2.24, 2.45) is 0 Å². The first-order valence-electron chi connectivity index (χ1n) is 11.2. The van der Waals surface area contributed by atoms with E-state index in [9.17, 15) is 4.79 Å². The van der Waals surface area contributed by atoms with E-state index in [4.69, 9.17) is 14.5 Å². The summed E-state index contributed by atoms with van der Waals surface area (Å²) in [5.74, 6) is 2.28. The van der Waals surface area contributed by atoms with Crippen molar-refractivity contribution in [3.63, 3.8) is 0 Å². The van der Waals surface area contributed by atoms with Crippen LogP contribution in [0.4, 0.5) is 0 Å². The van der Waals surface area contributed by atoms with Crippen molar-refractivity contribution >= 4 is 29.3 Å². The first-order chi connectivity index (χ1) is 15.2. The van der Waals surface area contributed by atoms with E-state index in [0.717, 1.165) is 36.2 Å². The molecule has 6 rings (SSSR count). The van der Waals surface area contributed by atoms with E-state index >= 15 is 0 Å². The van der Waals surface area contributed by atoms with E-state index in [-0.39, 0.29) is 30.4 Å². The molecule has 2 aromatic carbocycles. The number of benzene rings is 2. The summed E-state index contributed by atoms with van der Waals surface area (Å²) in [6.45, 7) is 2.02. The molecule has 168 valence electrons. The molecule has 0 radical (unpaired) electrons. The van der Waals surface area contributed by atoms with Gasteiger partial charge >= 0.3 is 0 Å². The number of nitrogens with one attached hydrogen (secondary N) is 2. The Kier molecular flexibility index (Phi) is 5.69. The third kappa shape index (κ3) is 4.02. The lowest BCUT2D eigenvalue weighted by Gasteiger charge is -2.39. The minimum absolute atomic E-state index is 0. The van der Waals surface area contributed by atoms with Crippen LogP contribution in [-0.4, -0.2) is 52.6 Å². The number of aromatic amines is 1. The number of para-hydroxylation sites is 2. The minimum atomic E-state index is -0.0646. The number of carbonyl (C=O) groups excluding carboxylic acids is 1. The van der Waals surface area contributed by atoms with Gasteiger partial charge in [-0.2, -0.15) is 0 Å². The maximum absolute atomic E-state index is 13.0. The van der Waals surface area contributed by atoms with Crippen LogP contribution in [0, 0.1) is 0 Å². The van der Waals surface area contributed by atoms with Crippen molar-refractivity contribution in [2.45, 2.75) is 43.8 Å². The van der Waals surface area contributed by atoms with E-state index in [1.165, 1.54) is 12.8 Å². The van der Waals surface area contributed by atoms with Crippen LogP contribution in [0.5, 0.6) is 11.5 Å². The first-order valence-corrected chi connectivity index (χ1v) is 11.2. The Bertz CT molecular complexity index is 1100. The van der Waals surface area contributed by atoms with Crippen LogP contribution in [0.25, 0.3) is 11.0 Å². The first kappa shape index (κ1) is 21.1. The van der Waals surface area contributed by atoms with E-state index in [1.54, 1.807) is 12.1 Å². The van der Waals surface area contributed by atoms with E-state index < -0.39 is 0 Å². The highest BCUT2D eigenvalue weighted by atomic mass is 35.5. The molecule has 0 bridgehead atoms. The van der Waals surface area contributed by atoms with Gasteiger partial charge in [0.2, 0.25) is 0 Å². The number of carbonyl (C=O) groups is 1. The molecule has 7 nitrogen and oxygen atoms in total. The van der Waals surface area contributed by atoms with E-state index in [1.807, 2.05) is 24.3 Å². The third-order valence-electron chi connectivity index (χ3n) is 6.52. The molecule has 8 heteroatoms. The molecule has 0 unspecified atom stereocenters. The van der Waals surface area contributed by atoms with Gasteiger partial charge in [0, 0.05) is 24.2 Å². The molecule has 3 aromatic rings. The highest BCUT2D eigenvalue weighted by Gasteiger charge is 2.40. The molecule has 1 saturated carbocycles. The Morgan fingerprint density at radius 2 is 1.88 bits per heavy atom. The molecule has 3 heterocycles. The van der Waals surface area contributed by atoms with Crippen molar-refractivity contribution in [3.8, 4) is 11.5 Å². The number of rotatable bonds is 4. The molecular weight excluding hydrogens is 428 g/mol. The molecule has 1 aliphatic carbocycles. The summed E-state index contributed by atoms with van der Waals surface area (Å²) < 4.78 is 11.2.